The summed E-state index contributed by atoms with van der Waals surface area (Å²) in [7, 11) is 1.57. The first-order valence-electron chi connectivity index (χ1n) is 8.75. The average Bonchev–Trinajstić information content (AvgIpc) is 3.14. The van der Waals surface area contributed by atoms with Crippen LogP contribution in [-0.4, -0.2) is 22.4 Å². The van der Waals surface area contributed by atoms with Gasteiger partial charge in [-0.15, -0.1) is 0 Å². The van der Waals surface area contributed by atoms with Crippen molar-refractivity contribution < 1.29 is 9.53 Å². The molecule has 0 saturated carbocycles. The van der Waals surface area contributed by atoms with Crippen molar-refractivity contribution in [2.45, 2.75) is 6.92 Å². The average molecular weight is 436 g/mol. The molecule has 0 aliphatic heterocycles. The van der Waals surface area contributed by atoms with Crippen molar-refractivity contribution in [3.8, 4) is 17.0 Å². The molecule has 0 saturated heterocycles. The molecule has 2 heterocycles. The Hall–Kier alpha value is -3.12. The Kier molecular flexibility index (Phi) is 4.88. The SMILES string of the molecule is COc1ccc(Br)c(C(=O)Nc2ccc(-c3cn4cccc(C)c4n3)cc2)c1. The van der Waals surface area contributed by atoms with E-state index in [1.54, 1.807) is 25.3 Å². The van der Waals surface area contributed by atoms with E-state index in [1.165, 1.54) is 0 Å². The van der Waals surface area contributed by atoms with Gasteiger partial charge in [-0.25, -0.2) is 4.98 Å². The van der Waals surface area contributed by atoms with Gasteiger partial charge in [0.25, 0.3) is 5.91 Å². The first-order chi connectivity index (χ1) is 13.5. The molecule has 2 aromatic heterocycles. The molecule has 5 nitrogen and oxygen atoms in total. The summed E-state index contributed by atoms with van der Waals surface area (Å²) in [4.78, 5) is 17.3. The lowest BCUT2D eigenvalue weighted by atomic mass is 10.1. The second-order valence-corrected chi connectivity index (χ2v) is 7.28. The molecule has 4 aromatic rings. The Morgan fingerprint density at radius 3 is 2.64 bits per heavy atom. The van der Waals surface area contributed by atoms with Crippen molar-refractivity contribution in [3.05, 3.63) is 82.6 Å². The number of nitrogens with zero attached hydrogens (tertiary/aromatic N) is 2. The lowest BCUT2D eigenvalue weighted by Gasteiger charge is -2.09. The number of aromatic nitrogens is 2. The monoisotopic (exact) mass is 435 g/mol. The van der Waals surface area contributed by atoms with Gasteiger partial charge in [0.15, 0.2) is 0 Å². The Balaban J connectivity index is 1.56. The van der Waals surface area contributed by atoms with Crippen LogP contribution >= 0.6 is 15.9 Å². The number of hydrogen-bond acceptors (Lipinski definition) is 3. The summed E-state index contributed by atoms with van der Waals surface area (Å²) in [5.41, 5.74) is 5.17. The molecular weight excluding hydrogens is 418 g/mol. The highest BCUT2D eigenvalue weighted by Crippen LogP contribution is 2.25. The van der Waals surface area contributed by atoms with E-state index in [9.17, 15) is 4.79 Å². The zero-order chi connectivity index (χ0) is 19.7. The standard InChI is InChI=1S/C22H18BrN3O2/c1-14-4-3-11-26-13-20(25-21(14)26)15-5-7-16(8-6-15)24-22(27)18-12-17(28-2)9-10-19(18)23/h3-13H,1-2H3,(H,24,27). The predicted molar refractivity (Wildman–Crippen MR) is 114 cm³/mol. The maximum atomic E-state index is 12.6. The summed E-state index contributed by atoms with van der Waals surface area (Å²) in [5, 5.41) is 2.91. The van der Waals surface area contributed by atoms with Crippen LogP contribution in [-0.2, 0) is 0 Å². The van der Waals surface area contributed by atoms with Gasteiger partial charge in [0.1, 0.15) is 11.4 Å². The molecule has 6 heteroatoms. The van der Waals surface area contributed by atoms with Gasteiger partial charge in [-0.3, -0.25) is 4.79 Å². The highest BCUT2D eigenvalue weighted by atomic mass is 79.9. The van der Waals surface area contributed by atoms with Gasteiger partial charge >= 0.3 is 0 Å². The van der Waals surface area contributed by atoms with Crippen molar-refractivity contribution in [3.63, 3.8) is 0 Å². The Labute approximate surface area is 171 Å². The number of methoxy groups -OCH3 is 1. The van der Waals surface area contributed by atoms with Gasteiger partial charge in [-0.2, -0.15) is 0 Å². The van der Waals surface area contributed by atoms with Gasteiger partial charge in [0, 0.05) is 28.1 Å². The highest BCUT2D eigenvalue weighted by Gasteiger charge is 2.12. The first-order valence-corrected chi connectivity index (χ1v) is 9.54. The molecule has 0 fully saturated rings. The van der Waals surface area contributed by atoms with Crippen LogP contribution in [0.5, 0.6) is 5.75 Å². The summed E-state index contributed by atoms with van der Waals surface area (Å²) < 4.78 is 7.92. The van der Waals surface area contributed by atoms with E-state index in [-0.39, 0.29) is 5.91 Å². The Bertz CT molecular complexity index is 1170. The van der Waals surface area contributed by atoms with Crippen molar-refractivity contribution in [1.82, 2.24) is 9.38 Å². The van der Waals surface area contributed by atoms with Gasteiger partial charge in [0.05, 0.1) is 18.4 Å². The van der Waals surface area contributed by atoms with Crippen molar-refractivity contribution >= 4 is 33.2 Å². The molecular formula is C22H18BrN3O2. The zero-order valence-electron chi connectivity index (χ0n) is 15.4. The minimum Gasteiger partial charge on any atom is -0.497 e. The highest BCUT2D eigenvalue weighted by molar-refractivity contribution is 9.10. The fraction of sp³-hybridized carbons (Fsp3) is 0.0909. The quantitative estimate of drug-likeness (QED) is 0.470. The lowest BCUT2D eigenvalue weighted by Crippen LogP contribution is -2.12. The number of ether oxygens (including phenoxy) is 1. The number of carbonyl (C=O) groups is 1. The normalized spacial score (nSPS) is 10.8. The van der Waals surface area contributed by atoms with E-state index in [1.807, 2.05) is 60.1 Å². The fourth-order valence-corrected chi connectivity index (χ4v) is 3.45. The van der Waals surface area contributed by atoms with Crippen LogP contribution in [0, 0.1) is 6.92 Å². The van der Waals surface area contributed by atoms with Crippen molar-refractivity contribution in [2.24, 2.45) is 0 Å². The number of hydrogen-bond donors (Lipinski definition) is 1. The van der Waals surface area contributed by atoms with Crippen molar-refractivity contribution in [2.75, 3.05) is 12.4 Å². The third-order valence-electron chi connectivity index (χ3n) is 4.53. The molecule has 1 amide bonds. The number of benzene rings is 2. The van der Waals surface area contributed by atoms with Crippen molar-refractivity contribution in [1.29, 1.82) is 0 Å². The van der Waals surface area contributed by atoms with Crippen LogP contribution in [0.1, 0.15) is 15.9 Å². The van der Waals surface area contributed by atoms with Crippen LogP contribution in [0.25, 0.3) is 16.9 Å². The largest absolute Gasteiger partial charge is 0.497 e. The second-order valence-electron chi connectivity index (χ2n) is 6.43. The predicted octanol–water partition coefficient (Wildman–Crippen LogP) is 5.33. The van der Waals surface area contributed by atoms with E-state index < -0.39 is 0 Å². The Morgan fingerprint density at radius 1 is 1.14 bits per heavy atom. The molecule has 1 N–H and O–H groups in total. The second kappa shape index (κ2) is 7.48. The smallest absolute Gasteiger partial charge is 0.256 e. The molecule has 0 radical (unpaired) electrons. The number of aryl methyl sites for hydroxylation is 1. The molecule has 0 atom stereocenters. The first kappa shape index (κ1) is 18.3. The van der Waals surface area contributed by atoms with E-state index >= 15 is 0 Å². The fourth-order valence-electron chi connectivity index (χ4n) is 3.02. The number of anilines is 1. The molecule has 0 aliphatic carbocycles. The third kappa shape index (κ3) is 3.51. The molecule has 0 aliphatic rings. The summed E-state index contributed by atoms with van der Waals surface area (Å²) in [6.07, 6.45) is 3.99. The van der Waals surface area contributed by atoms with E-state index in [0.717, 1.165) is 22.5 Å². The van der Waals surface area contributed by atoms with Gasteiger partial charge in [-0.05, 0) is 64.8 Å². The molecule has 0 spiro atoms. The van der Waals surface area contributed by atoms with Crippen LogP contribution in [0.15, 0.2) is 71.5 Å². The Morgan fingerprint density at radius 2 is 1.93 bits per heavy atom. The van der Waals surface area contributed by atoms with Crippen LogP contribution in [0.3, 0.4) is 0 Å². The van der Waals surface area contributed by atoms with Crippen LogP contribution in [0.2, 0.25) is 0 Å². The summed E-state index contributed by atoms with van der Waals surface area (Å²) >= 11 is 3.41. The number of rotatable bonds is 4. The number of nitrogens with one attached hydrogen (secondary N) is 1. The van der Waals surface area contributed by atoms with E-state index in [2.05, 4.69) is 21.2 Å². The minimum absolute atomic E-state index is 0.207. The molecule has 0 bridgehead atoms. The van der Waals surface area contributed by atoms with E-state index in [0.29, 0.717) is 21.5 Å². The zero-order valence-corrected chi connectivity index (χ0v) is 17.0. The van der Waals surface area contributed by atoms with Gasteiger partial charge in [0.2, 0.25) is 0 Å². The van der Waals surface area contributed by atoms with Gasteiger partial charge in [-0.1, -0.05) is 18.2 Å². The summed E-state index contributed by atoms with van der Waals surface area (Å²) in [6.45, 7) is 2.04. The number of imidazole rings is 1. The number of halogens is 1. The minimum atomic E-state index is -0.207. The van der Waals surface area contributed by atoms with Gasteiger partial charge < -0.3 is 14.5 Å². The molecule has 4 rings (SSSR count). The molecule has 28 heavy (non-hydrogen) atoms. The maximum absolute atomic E-state index is 12.6. The van der Waals surface area contributed by atoms with Crippen LogP contribution in [0.4, 0.5) is 5.69 Å². The molecule has 2 aromatic carbocycles. The van der Waals surface area contributed by atoms with E-state index in [4.69, 9.17) is 9.72 Å². The van der Waals surface area contributed by atoms with Crippen LogP contribution < -0.4 is 10.1 Å². The number of fused-ring (bicyclic) bond motifs is 1. The third-order valence-corrected chi connectivity index (χ3v) is 5.23. The number of amides is 1. The molecule has 0 unspecified atom stereocenters. The summed E-state index contributed by atoms with van der Waals surface area (Å²) in [5.74, 6) is 0.424. The maximum Gasteiger partial charge on any atom is 0.256 e. The topological polar surface area (TPSA) is 55.6 Å². The number of pyridine rings is 1. The summed E-state index contributed by atoms with van der Waals surface area (Å²) in [6, 6.07) is 17.0. The lowest BCUT2D eigenvalue weighted by molar-refractivity contribution is 0.102. The number of carbonyl (C=O) groups excluding carboxylic acids is 1. The molecule has 140 valence electrons.